The van der Waals surface area contributed by atoms with Gasteiger partial charge in [-0.15, -0.1) is 0 Å². The predicted molar refractivity (Wildman–Crippen MR) is 107 cm³/mol. The van der Waals surface area contributed by atoms with E-state index in [1.54, 1.807) is 6.92 Å². The first kappa shape index (κ1) is 22.5. The number of aliphatic imine (C=N–C) groups is 1. The molecule has 2 fully saturated rings. The van der Waals surface area contributed by atoms with Crippen molar-refractivity contribution in [3.8, 4) is 5.75 Å². The summed E-state index contributed by atoms with van der Waals surface area (Å²) in [6.07, 6.45) is -0.511. The second-order valence-electron chi connectivity index (χ2n) is 8.75. The van der Waals surface area contributed by atoms with Crippen molar-refractivity contribution in [2.75, 3.05) is 6.61 Å². The Bertz CT molecular complexity index is 1040. The number of aryl methyl sites for hydroxylation is 1. The van der Waals surface area contributed by atoms with Gasteiger partial charge in [0.15, 0.2) is 12.4 Å². The van der Waals surface area contributed by atoms with Crippen LogP contribution < -0.4 is 10.5 Å². The second-order valence-corrected chi connectivity index (χ2v) is 8.75. The van der Waals surface area contributed by atoms with Crippen LogP contribution in [-0.2, 0) is 11.2 Å². The minimum Gasteiger partial charge on any atom is -0.483 e. The summed E-state index contributed by atoms with van der Waals surface area (Å²) in [7, 11) is 0. The molecule has 4 rings (SSSR count). The van der Waals surface area contributed by atoms with Crippen LogP contribution in [0.3, 0.4) is 0 Å². The molecule has 2 aromatic heterocycles. The first-order chi connectivity index (χ1) is 14.9. The van der Waals surface area contributed by atoms with Gasteiger partial charge >= 0.3 is 6.18 Å². The smallest absolute Gasteiger partial charge is 0.422 e. The maximum absolute atomic E-state index is 15.2. The maximum Gasteiger partial charge on any atom is 0.422 e. The van der Waals surface area contributed by atoms with Crippen molar-refractivity contribution in [2.24, 2.45) is 16.6 Å². The molecule has 1 atom stereocenters. The number of nitrogens with zero attached hydrogens (tertiary/aromatic N) is 4. The van der Waals surface area contributed by atoms with Crippen LogP contribution in [0.4, 0.5) is 17.6 Å². The van der Waals surface area contributed by atoms with Gasteiger partial charge in [0.2, 0.25) is 5.89 Å². The van der Waals surface area contributed by atoms with Crippen molar-refractivity contribution in [2.45, 2.75) is 70.3 Å². The van der Waals surface area contributed by atoms with Gasteiger partial charge in [0.1, 0.15) is 28.5 Å². The Morgan fingerprint density at radius 3 is 2.50 bits per heavy atom. The van der Waals surface area contributed by atoms with E-state index in [0.29, 0.717) is 18.1 Å². The van der Waals surface area contributed by atoms with E-state index >= 15 is 4.39 Å². The van der Waals surface area contributed by atoms with Crippen molar-refractivity contribution in [1.29, 1.82) is 0 Å². The molecule has 0 saturated heterocycles. The number of alkyl halides is 4. The molecule has 174 valence electrons. The lowest BCUT2D eigenvalue weighted by atomic mass is 9.76. The molecular weight excluding hydrogens is 430 g/mol. The van der Waals surface area contributed by atoms with Crippen molar-refractivity contribution >= 4 is 5.84 Å². The van der Waals surface area contributed by atoms with Crippen molar-refractivity contribution in [1.82, 2.24) is 15.1 Å². The maximum atomic E-state index is 15.2. The highest BCUT2D eigenvalue weighted by molar-refractivity contribution is 5.98. The number of halogens is 4. The SMILES string of the molecule is Cc1nc(C(C)(N=C(N)c2ncc(C3(F)CCC3)c(OCC(F)(F)F)c2C)C2CC2)no1. The van der Waals surface area contributed by atoms with Gasteiger partial charge in [0, 0.05) is 24.2 Å². The van der Waals surface area contributed by atoms with Gasteiger partial charge in [0.25, 0.3) is 0 Å². The molecule has 0 spiro atoms. The zero-order chi connectivity index (χ0) is 23.3. The van der Waals surface area contributed by atoms with Gasteiger partial charge in [-0.25, -0.2) is 4.39 Å². The third-order valence-corrected chi connectivity index (χ3v) is 6.22. The van der Waals surface area contributed by atoms with E-state index in [0.717, 1.165) is 12.8 Å². The Hall–Kier alpha value is -2.72. The Morgan fingerprint density at radius 2 is 2.00 bits per heavy atom. The molecule has 0 aromatic carbocycles. The molecule has 0 bridgehead atoms. The van der Waals surface area contributed by atoms with E-state index in [1.165, 1.54) is 13.1 Å². The first-order valence-corrected chi connectivity index (χ1v) is 10.5. The Kier molecular flexibility index (Phi) is 5.41. The number of amidine groups is 1. The molecule has 32 heavy (non-hydrogen) atoms. The average Bonchev–Trinajstić information content (AvgIpc) is 3.45. The number of aromatic nitrogens is 3. The highest BCUT2D eigenvalue weighted by Gasteiger charge is 2.47. The summed E-state index contributed by atoms with van der Waals surface area (Å²) in [5.41, 5.74) is 4.01. The standard InChI is InChI=1S/C21H25F4N5O2/c1-11-15(17(26)29-19(3,13-5-6-13)18-28-12(2)32-30-18)27-9-14(20(22)7-4-8-20)16(11)31-10-21(23,24)25/h9,13H,4-8,10H2,1-3H3,(H2,26,29). The largest absolute Gasteiger partial charge is 0.483 e. The fourth-order valence-corrected chi connectivity index (χ4v) is 4.05. The average molecular weight is 455 g/mol. The van der Waals surface area contributed by atoms with E-state index in [-0.39, 0.29) is 47.2 Å². The zero-order valence-electron chi connectivity index (χ0n) is 18.1. The molecule has 2 saturated carbocycles. The summed E-state index contributed by atoms with van der Waals surface area (Å²) in [4.78, 5) is 13.2. The van der Waals surface area contributed by atoms with Crippen LogP contribution in [0.2, 0.25) is 0 Å². The monoisotopic (exact) mass is 455 g/mol. The van der Waals surface area contributed by atoms with Gasteiger partial charge < -0.3 is 15.0 Å². The highest BCUT2D eigenvalue weighted by Crippen LogP contribution is 2.50. The lowest BCUT2D eigenvalue weighted by Crippen LogP contribution is -2.32. The fraction of sp³-hybridized carbons (Fsp3) is 0.619. The number of nitrogens with two attached hydrogens (primary N) is 1. The molecule has 2 aromatic rings. The second kappa shape index (κ2) is 7.70. The molecule has 2 aliphatic rings. The van der Waals surface area contributed by atoms with Gasteiger partial charge in [-0.2, -0.15) is 18.2 Å². The molecular formula is C21H25F4N5O2. The van der Waals surface area contributed by atoms with Crippen LogP contribution in [0.15, 0.2) is 15.7 Å². The van der Waals surface area contributed by atoms with Gasteiger partial charge in [-0.1, -0.05) is 5.16 Å². The third-order valence-electron chi connectivity index (χ3n) is 6.22. The fourth-order valence-electron chi connectivity index (χ4n) is 4.05. The number of ether oxygens (including phenoxy) is 1. The topological polar surface area (TPSA) is 99.4 Å². The molecule has 7 nitrogen and oxygen atoms in total. The van der Waals surface area contributed by atoms with Gasteiger partial charge in [-0.3, -0.25) is 9.98 Å². The van der Waals surface area contributed by atoms with E-state index in [9.17, 15) is 13.2 Å². The van der Waals surface area contributed by atoms with E-state index in [1.807, 2.05) is 6.92 Å². The third kappa shape index (κ3) is 4.16. The molecule has 0 radical (unpaired) electrons. The molecule has 2 aliphatic carbocycles. The molecule has 2 heterocycles. The Morgan fingerprint density at radius 1 is 1.31 bits per heavy atom. The predicted octanol–water partition coefficient (Wildman–Crippen LogP) is 4.40. The quantitative estimate of drug-likeness (QED) is 0.377. The van der Waals surface area contributed by atoms with E-state index in [2.05, 4.69) is 20.1 Å². The molecule has 1 unspecified atom stereocenters. The summed E-state index contributed by atoms with van der Waals surface area (Å²) in [5, 5.41) is 3.99. The molecule has 0 aliphatic heterocycles. The van der Waals surface area contributed by atoms with Gasteiger partial charge in [-0.05, 0) is 51.9 Å². The van der Waals surface area contributed by atoms with E-state index in [4.69, 9.17) is 15.0 Å². The first-order valence-electron chi connectivity index (χ1n) is 10.5. The van der Waals surface area contributed by atoms with Crippen LogP contribution in [0.1, 0.15) is 67.6 Å². The number of pyridine rings is 1. The van der Waals surface area contributed by atoms with Gasteiger partial charge in [0.05, 0.1) is 0 Å². The van der Waals surface area contributed by atoms with Crippen LogP contribution >= 0.6 is 0 Å². The lowest BCUT2D eigenvalue weighted by molar-refractivity contribution is -0.154. The Balaban J connectivity index is 1.75. The van der Waals surface area contributed by atoms with Crippen molar-refractivity contribution in [3.05, 3.63) is 34.7 Å². The summed E-state index contributed by atoms with van der Waals surface area (Å²) < 4.78 is 63.9. The van der Waals surface area contributed by atoms with Crippen LogP contribution in [0.5, 0.6) is 5.75 Å². The van der Waals surface area contributed by atoms with E-state index < -0.39 is 24.0 Å². The Labute approximate surface area is 182 Å². The summed E-state index contributed by atoms with van der Waals surface area (Å²) in [5.74, 6) is 0.708. The highest BCUT2D eigenvalue weighted by atomic mass is 19.4. The molecule has 11 heteroatoms. The van der Waals surface area contributed by atoms with Crippen molar-refractivity contribution < 1.29 is 26.8 Å². The normalized spacial score (nSPS) is 20.5. The van der Waals surface area contributed by atoms with Crippen molar-refractivity contribution in [3.63, 3.8) is 0 Å². The lowest BCUT2D eigenvalue weighted by Gasteiger charge is -2.35. The molecule has 2 N–H and O–H groups in total. The number of hydrogen-bond donors (Lipinski definition) is 1. The van der Waals surface area contributed by atoms with Crippen LogP contribution in [-0.4, -0.2) is 33.7 Å². The van der Waals surface area contributed by atoms with Crippen LogP contribution in [0, 0.1) is 19.8 Å². The summed E-state index contributed by atoms with van der Waals surface area (Å²) in [6.45, 7) is 3.46. The summed E-state index contributed by atoms with van der Waals surface area (Å²) >= 11 is 0. The minimum absolute atomic E-state index is 0.00993. The number of hydrogen-bond acceptors (Lipinski definition) is 6. The zero-order valence-corrected chi connectivity index (χ0v) is 18.1. The molecule has 0 amide bonds. The number of rotatable bonds is 7. The summed E-state index contributed by atoms with van der Waals surface area (Å²) in [6, 6.07) is 0. The minimum atomic E-state index is -4.57. The van der Waals surface area contributed by atoms with Crippen LogP contribution in [0.25, 0.3) is 0 Å².